The number of thioether (sulfide) groups is 1. The lowest BCUT2D eigenvalue weighted by Gasteiger charge is -1.99. The van der Waals surface area contributed by atoms with E-state index in [1.807, 2.05) is 48.5 Å². The van der Waals surface area contributed by atoms with Crippen LogP contribution in [0.5, 0.6) is 0 Å². The SMILES string of the molecule is O=C(CSc1nc2ccccc2s1)NN=Cc1ccccc1Br. The number of halogens is 1. The van der Waals surface area contributed by atoms with Gasteiger partial charge in [0.05, 0.1) is 22.2 Å². The van der Waals surface area contributed by atoms with Gasteiger partial charge >= 0.3 is 0 Å². The number of carbonyl (C=O) groups is 1. The van der Waals surface area contributed by atoms with Crippen LogP contribution in [0, 0.1) is 0 Å². The second-order valence-electron chi connectivity index (χ2n) is 4.55. The molecule has 1 amide bonds. The third-order valence-corrected chi connectivity index (χ3v) is 5.80. The number of amides is 1. The Labute approximate surface area is 150 Å². The van der Waals surface area contributed by atoms with E-state index in [0.29, 0.717) is 0 Å². The van der Waals surface area contributed by atoms with E-state index in [1.54, 1.807) is 17.6 Å². The molecule has 0 fully saturated rings. The number of hydrazone groups is 1. The van der Waals surface area contributed by atoms with Gasteiger partial charge in [-0.3, -0.25) is 4.79 Å². The van der Waals surface area contributed by atoms with Crippen molar-refractivity contribution in [2.75, 3.05) is 5.75 Å². The van der Waals surface area contributed by atoms with E-state index in [4.69, 9.17) is 0 Å². The minimum atomic E-state index is -0.155. The summed E-state index contributed by atoms with van der Waals surface area (Å²) in [6.07, 6.45) is 1.62. The van der Waals surface area contributed by atoms with Crippen LogP contribution >= 0.6 is 39.0 Å². The molecule has 116 valence electrons. The first kappa shape index (κ1) is 16.2. The third kappa shape index (κ3) is 4.40. The van der Waals surface area contributed by atoms with Crippen molar-refractivity contribution < 1.29 is 4.79 Å². The van der Waals surface area contributed by atoms with E-state index < -0.39 is 0 Å². The van der Waals surface area contributed by atoms with Crippen molar-refractivity contribution in [1.82, 2.24) is 10.4 Å². The summed E-state index contributed by atoms with van der Waals surface area (Å²) in [5.41, 5.74) is 4.40. The predicted octanol–water partition coefficient (Wildman–Crippen LogP) is 4.30. The number of rotatable bonds is 5. The molecule has 0 unspecified atom stereocenters. The molecular weight excluding hydrogens is 394 g/mol. The van der Waals surface area contributed by atoms with Gasteiger partial charge in [-0.1, -0.05) is 58.0 Å². The van der Waals surface area contributed by atoms with E-state index in [9.17, 15) is 4.79 Å². The maximum atomic E-state index is 11.8. The van der Waals surface area contributed by atoms with Gasteiger partial charge in [0.2, 0.25) is 0 Å². The van der Waals surface area contributed by atoms with Gasteiger partial charge < -0.3 is 0 Å². The molecule has 3 aromatic rings. The molecule has 0 saturated heterocycles. The van der Waals surface area contributed by atoms with Crippen LogP contribution in [-0.2, 0) is 4.79 Å². The molecule has 1 N–H and O–H groups in total. The Morgan fingerprint density at radius 2 is 2.04 bits per heavy atom. The molecule has 0 aliphatic carbocycles. The van der Waals surface area contributed by atoms with Crippen molar-refractivity contribution in [3.8, 4) is 0 Å². The van der Waals surface area contributed by atoms with Gasteiger partial charge in [-0.25, -0.2) is 10.4 Å². The molecule has 2 aromatic carbocycles. The topological polar surface area (TPSA) is 54.4 Å². The number of nitrogens with one attached hydrogen (secondary N) is 1. The van der Waals surface area contributed by atoms with Gasteiger partial charge in [0.1, 0.15) is 0 Å². The number of aromatic nitrogens is 1. The summed E-state index contributed by atoms with van der Waals surface area (Å²) in [5, 5.41) is 3.97. The van der Waals surface area contributed by atoms with Crippen LogP contribution < -0.4 is 5.43 Å². The summed E-state index contributed by atoms with van der Waals surface area (Å²) in [6, 6.07) is 15.6. The van der Waals surface area contributed by atoms with Crippen LogP contribution in [0.3, 0.4) is 0 Å². The Kier molecular flexibility index (Phi) is 5.43. The summed E-state index contributed by atoms with van der Waals surface area (Å²) in [7, 11) is 0. The van der Waals surface area contributed by atoms with Crippen molar-refractivity contribution >= 4 is 61.4 Å². The summed E-state index contributed by atoms with van der Waals surface area (Å²) in [4.78, 5) is 16.3. The third-order valence-electron chi connectivity index (χ3n) is 2.90. The van der Waals surface area contributed by atoms with Crippen LogP contribution in [0.4, 0.5) is 0 Å². The molecule has 0 aliphatic rings. The second-order valence-corrected chi connectivity index (χ2v) is 7.66. The number of fused-ring (bicyclic) bond motifs is 1. The second kappa shape index (κ2) is 7.72. The fourth-order valence-electron chi connectivity index (χ4n) is 1.83. The lowest BCUT2D eigenvalue weighted by Crippen LogP contribution is -2.19. The Bertz CT molecular complexity index is 830. The summed E-state index contributed by atoms with van der Waals surface area (Å²) in [5.74, 6) is 0.130. The van der Waals surface area contributed by atoms with Crippen LogP contribution in [-0.4, -0.2) is 22.9 Å². The highest BCUT2D eigenvalue weighted by Crippen LogP contribution is 2.28. The normalized spacial score (nSPS) is 11.2. The van der Waals surface area contributed by atoms with Gasteiger partial charge in [0.15, 0.2) is 4.34 Å². The van der Waals surface area contributed by atoms with Gasteiger partial charge in [-0.2, -0.15) is 5.10 Å². The predicted molar refractivity (Wildman–Crippen MR) is 100 cm³/mol. The van der Waals surface area contributed by atoms with E-state index >= 15 is 0 Å². The fourth-order valence-corrected chi connectivity index (χ4v) is 4.07. The minimum absolute atomic E-state index is 0.155. The molecule has 23 heavy (non-hydrogen) atoms. The average Bonchev–Trinajstić information content (AvgIpc) is 2.98. The van der Waals surface area contributed by atoms with Gasteiger partial charge in [-0.15, -0.1) is 11.3 Å². The number of carbonyl (C=O) groups excluding carboxylic acids is 1. The monoisotopic (exact) mass is 405 g/mol. The molecule has 0 atom stereocenters. The Morgan fingerprint density at radius 3 is 2.87 bits per heavy atom. The summed E-state index contributed by atoms with van der Waals surface area (Å²) >= 11 is 6.43. The zero-order chi connectivity index (χ0) is 16.1. The van der Waals surface area contributed by atoms with Gasteiger partial charge in [0.25, 0.3) is 5.91 Å². The summed E-state index contributed by atoms with van der Waals surface area (Å²) < 4.78 is 2.94. The van der Waals surface area contributed by atoms with E-state index in [2.05, 4.69) is 31.4 Å². The van der Waals surface area contributed by atoms with Crippen molar-refractivity contribution in [2.45, 2.75) is 4.34 Å². The minimum Gasteiger partial charge on any atom is -0.272 e. The van der Waals surface area contributed by atoms with Crippen molar-refractivity contribution in [3.63, 3.8) is 0 Å². The number of hydrogen-bond donors (Lipinski definition) is 1. The van der Waals surface area contributed by atoms with E-state index in [0.717, 1.165) is 24.6 Å². The highest BCUT2D eigenvalue weighted by atomic mass is 79.9. The number of thiazole rings is 1. The first-order valence-electron chi connectivity index (χ1n) is 6.77. The van der Waals surface area contributed by atoms with Crippen molar-refractivity contribution in [2.24, 2.45) is 5.10 Å². The standard InChI is InChI=1S/C16H12BrN3OS2/c17-12-6-2-1-5-11(12)9-18-20-15(21)10-22-16-19-13-7-3-4-8-14(13)23-16/h1-9H,10H2,(H,20,21). The molecule has 3 rings (SSSR count). The molecule has 7 heteroatoms. The lowest BCUT2D eigenvalue weighted by atomic mass is 10.2. The number of benzene rings is 2. The maximum Gasteiger partial charge on any atom is 0.250 e. The first-order chi connectivity index (χ1) is 11.2. The fraction of sp³-hybridized carbons (Fsp3) is 0.0625. The Balaban J connectivity index is 1.52. The molecule has 4 nitrogen and oxygen atoms in total. The number of hydrogen-bond acceptors (Lipinski definition) is 5. The molecule has 0 saturated carbocycles. The van der Waals surface area contributed by atoms with Crippen molar-refractivity contribution in [3.05, 3.63) is 58.6 Å². The Morgan fingerprint density at radius 1 is 1.26 bits per heavy atom. The molecule has 1 aromatic heterocycles. The number of nitrogens with zero attached hydrogens (tertiary/aromatic N) is 2. The van der Waals surface area contributed by atoms with Crippen LogP contribution in [0.1, 0.15) is 5.56 Å². The molecule has 1 heterocycles. The highest BCUT2D eigenvalue weighted by molar-refractivity contribution is 9.10. The highest BCUT2D eigenvalue weighted by Gasteiger charge is 2.06. The molecule has 0 bridgehead atoms. The largest absolute Gasteiger partial charge is 0.272 e. The Hall–Kier alpha value is -1.70. The average molecular weight is 406 g/mol. The van der Waals surface area contributed by atoms with E-state index in [1.165, 1.54) is 11.8 Å². The van der Waals surface area contributed by atoms with Gasteiger partial charge in [-0.05, 0) is 18.2 Å². The summed E-state index contributed by atoms with van der Waals surface area (Å²) in [6.45, 7) is 0. The molecule has 0 spiro atoms. The number of para-hydroxylation sites is 1. The van der Waals surface area contributed by atoms with Crippen molar-refractivity contribution in [1.29, 1.82) is 0 Å². The van der Waals surface area contributed by atoms with Gasteiger partial charge in [0, 0.05) is 10.0 Å². The quantitative estimate of drug-likeness (QED) is 0.391. The first-order valence-corrected chi connectivity index (χ1v) is 9.37. The smallest absolute Gasteiger partial charge is 0.250 e. The molecule has 0 radical (unpaired) electrons. The molecular formula is C16H12BrN3OS2. The molecule has 0 aliphatic heterocycles. The van der Waals surface area contributed by atoms with Crippen LogP contribution in [0.15, 0.2) is 62.4 Å². The zero-order valence-electron chi connectivity index (χ0n) is 11.9. The zero-order valence-corrected chi connectivity index (χ0v) is 15.1. The van der Waals surface area contributed by atoms with Crippen LogP contribution in [0.25, 0.3) is 10.2 Å². The van der Waals surface area contributed by atoms with Crippen LogP contribution in [0.2, 0.25) is 0 Å². The maximum absolute atomic E-state index is 11.8. The lowest BCUT2D eigenvalue weighted by molar-refractivity contribution is -0.118. The van der Waals surface area contributed by atoms with E-state index in [-0.39, 0.29) is 11.7 Å².